The van der Waals surface area contributed by atoms with Gasteiger partial charge in [0.25, 0.3) is 0 Å². The lowest BCUT2D eigenvalue weighted by Gasteiger charge is -2.28. The van der Waals surface area contributed by atoms with Gasteiger partial charge in [0.05, 0.1) is 6.04 Å². The summed E-state index contributed by atoms with van der Waals surface area (Å²) in [4.78, 5) is 0. The van der Waals surface area contributed by atoms with E-state index in [2.05, 4.69) is 0 Å². The molecular weight excluding hydrogens is 134 g/mol. The molecule has 0 amide bonds. The third-order valence-electron chi connectivity index (χ3n) is 1.62. The average molecular weight is 145 g/mol. The minimum atomic E-state index is -1.15. The van der Waals surface area contributed by atoms with E-state index >= 15 is 0 Å². The van der Waals surface area contributed by atoms with E-state index in [1.54, 1.807) is 0 Å². The smallest absolute Gasteiger partial charge is 0.111 e. The highest BCUT2D eigenvalue weighted by atomic mass is 16.4. The number of nitrogens with two attached hydrogens (primary N) is 1. The summed E-state index contributed by atoms with van der Waals surface area (Å²) < 4.78 is 0. The third kappa shape index (κ3) is 1.19. The van der Waals surface area contributed by atoms with E-state index in [0.29, 0.717) is 0 Å². The topological polar surface area (TPSA) is 86.7 Å². The van der Waals surface area contributed by atoms with Crippen LogP contribution in [0.3, 0.4) is 0 Å². The highest BCUT2D eigenvalue weighted by molar-refractivity contribution is 5.09. The molecule has 4 atom stereocenters. The summed E-state index contributed by atoms with van der Waals surface area (Å²) >= 11 is 0. The van der Waals surface area contributed by atoms with Crippen molar-refractivity contribution in [3.05, 3.63) is 12.2 Å². The SMILES string of the molecule is N[C@H]1C=C[C@@H](O)[C@@H](O)[C@H]1O. The lowest BCUT2D eigenvalue weighted by molar-refractivity contribution is -0.0518. The van der Waals surface area contributed by atoms with Crippen LogP contribution >= 0.6 is 0 Å². The zero-order valence-corrected chi connectivity index (χ0v) is 5.38. The molecule has 0 saturated heterocycles. The van der Waals surface area contributed by atoms with Crippen molar-refractivity contribution in [3.8, 4) is 0 Å². The van der Waals surface area contributed by atoms with E-state index in [1.807, 2.05) is 0 Å². The Hall–Kier alpha value is -0.420. The molecule has 0 saturated carbocycles. The van der Waals surface area contributed by atoms with Crippen LogP contribution in [0.4, 0.5) is 0 Å². The van der Waals surface area contributed by atoms with Gasteiger partial charge in [-0.2, -0.15) is 0 Å². The number of aliphatic hydroxyl groups is 3. The molecule has 0 bridgehead atoms. The maximum absolute atomic E-state index is 9.03. The maximum atomic E-state index is 9.03. The van der Waals surface area contributed by atoms with Gasteiger partial charge in [0.2, 0.25) is 0 Å². The molecule has 1 aliphatic carbocycles. The zero-order valence-electron chi connectivity index (χ0n) is 5.38. The van der Waals surface area contributed by atoms with Crippen LogP contribution in [0, 0.1) is 0 Å². The van der Waals surface area contributed by atoms with Gasteiger partial charge in [-0.05, 0) is 0 Å². The van der Waals surface area contributed by atoms with E-state index in [1.165, 1.54) is 12.2 Å². The van der Waals surface area contributed by atoms with Crippen molar-refractivity contribution in [2.45, 2.75) is 24.4 Å². The Morgan fingerprint density at radius 3 is 2.10 bits per heavy atom. The number of hydrogen-bond donors (Lipinski definition) is 4. The lowest BCUT2D eigenvalue weighted by Crippen LogP contribution is -2.49. The summed E-state index contributed by atoms with van der Waals surface area (Å²) in [6, 6.07) is -0.571. The standard InChI is InChI=1S/C6H11NO3/c7-3-1-2-4(8)6(10)5(3)9/h1-6,8-10H,7H2/t3-,4+,5-,6+/m0/s1. The maximum Gasteiger partial charge on any atom is 0.111 e. The fourth-order valence-electron chi connectivity index (χ4n) is 0.900. The lowest BCUT2D eigenvalue weighted by atomic mass is 9.95. The summed E-state index contributed by atoms with van der Waals surface area (Å²) in [5.41, 5.74) is 5.32. The number of aliphatic hydroxyl groups excluding tert-OH is 3. The molecule has 0 radical (unpaired) electrons. The first-order chi connectivity index (χ1) is 4.63. The predicted octanol–water partition coefficient (Wildman–Crippen LogP) is -2.03. The van der Waals surface area contributed by atoms with E-state index in [0.717, 1.165) is 0 Å². The normalized spacial score (nSPS) is 47.6. The van der Waals surface area contributed by atoms with E-state index < -0.39 is 24.4 Å². The van der Waals surface area contributed by atoms with Crippen LogP contribution in [0.1, 0.15) is 0 Å². The summed E-state index contributed by atoms with van der Waals surface area (Å²) in [5, 5.41) is 26.9. The van der Waals surface area contributed by atoms with Crippen LogP contribution in [-0.4, -0.2) is 39.7 Å². The molecule has 0 unspecified atom stereocenters. The van der Waals surface area contributed by atoms with Gasteiger partial charge in [-0.25, -0.2) is 0 Å². The van der Waals surface area contributed by atoms with Crippen LogP contribution in [0.5, 0.6) is 0 Å². The van der Waals surface area contributed by atoms with Gasteiger partial charge >= 0.3 is 0 Å². The molecule has 0 aromatic rings. The first-order valence-corrected chi connectivity index (χ1v) is 3.11. The Morgan fingerprint density at radius 2 is 1.60 bits per heavy atom. The van der Waals surface area contributed by atoms with Gasteiger partial charge in [0.1, 0.15) is 18.3 Å². The van der Waals surface area contributed by atoms with E-state index in [-0.39, 0.29) is 0 Å². The quantitative estimate of drug-likeness (QED) is 0.296. The van der Waals surface area contributed by atoms with Gasteiger partial charge < -0.3 is 21.1 Å². The Morgan fingerprint density at radius 1 is 1.00 bits per heavy atom. The molecule has 0 aromatic heterocycles. The summed E-state index contributed by atoms with van der Waals surface area (Å²) in [5.74, 6) is 0. The number of rotatable bonds is 0. The van der Waals surface area contributed by atoms with Crippen molar-refractivity contribution < 1.29 is 15.3 Å². The van der Waals surface area contributed by atoms with Gasteiger partial charge in [-0.3, -0.25) is 0 Å². The molecule has 58 valence electrons. The molecule has 10 heavy (non-hydrogen) atoms. The minimum absolute atomic E-state index is 0.571. The monoisotopic (exact) mass is 145 g/mol. The number of hydrogen-bond acceptors (Lipinski definition) is 4. The molecule has 0 heterocycles. The predicted molar refractivity (Wildman–Crippen MR) is 35.1 cm³/mol. The first-order valence-electron chi connectivity index (χ1n) is 3.11. The largest absolute Gasteiger partial charge is 0.388 e. The van der Waals surface area contributed by atoms with Crippen LogP contribution in [0.25, 0.3) is 0 Å². The highest BCUT2D eigenvalue weighted by Crippen LogP contribution is 2.11. The Bertz CT molecular complexity index is 132. The van der Waals surface area contributed by atoms with Crippen molar-refractivity contribution in [3.63, 3.8) is 0 Å². The van der Waals surface area contributed by atoms with E-state index in [4.69, 9.17) is 21.1 Å². The van der Waals surface area contributed by atoms with Crippen molar-refractivity contribution >= 4 is 0 Å². The second-order valence-corrected chi connectivity index (χ2v) is 2.43. The molecule has 0 spiro atoms. The van der Waals surface area contributed by atoms with Gasteiger partial charge in [0.15, 0.2) is 0 Å². The van der Waals surface area contributed by atoms with Crippen LogP contribution in [0.2, 0.25) is 0 Å². The molecule has 1 aliphatic rings. The fraction of sp³-hybridized carbons (Fsp3) is 0.667. The fourth-order valence-corrected chi connectivity index (χ4v) is 0.900. The van der Waals surface area contributed by atoms with Crippen molar-refractivity contribution in [1.29, 1.82) is 0 Å². The Balaban J connectivity index is 2.69. The average Bonchev–Trinajstić information content (AvgIpc) is 1.93. The Kier molecular flexibility index (Phi) is 2.05. The molecule has 4 nitrogen and oxygen atoms in total. The second kappa shape index (κ2) is 2.67. The zero-order chi connectivity index (χ0) is 7.72. The van der Waals surface area contributed by atoms with Crippen LogP contribution < -0.4 is 5.73 Å². The van der Waals surface area contributed by atoms with Crippen LogP contribution in [0.15, 0.2) is 12.2 Å². The summed E-state index contributed by atoms with van der Waals surface area (Å²) in [6.07, 6.45) is -0.348. The van der Waals surface area contributed by atoms with E-state index in [9.17, 15) is 0 Å². The Labute approximate surface area is 58.6 Å². The highest BCUT2D eigenvalue weighted by Gasteiger charge is 2.30. The summed E-state index contributed by atoms with van der Waals surface area (Å²) in [7, 11) is 0. The minimum Gasteiger partial charge on any atom is -0.388 e. The molecule has 4 heteroatoms. The third-order valence-corrected chi connectivity index (χ3v) is 1.62. The molecule has 0 aromatic carbocycles. The van der Waals surface area contributed by atoms with Crippen molar-refractivity contribution in [2.75, 3.05) is 0 Å². The summed E-state index contributed by atoms with van der Waals surface area (Å²) in [6.45, 7) is 0. The van der Waals surface area contributed by atoms with Gasteiger partial charge in [-0.1, -0.05) is 12.2 Å². The molecule has 0 fully saturated rings. The molecule has 5 N–H and O–H groups in total. The van der Waals surface area contributed by atoms with Gasteiger partial charge in [-0.15, -0.1) is 0 Å². The van der Waals surface area contributed by atoms with Crippen molar-refractivity contribution in [1.82, 2.24) is 0 Å². The first kappa shape index (κ1) is 7.68. The second-order valence-electron chi connectivity index (χ2n) is 2.43. The molecule has 0 aliphatic heterocycles. The molecular formula is C6H11NO3. The molecule has 1 rings (SSSR count). The van der Waals surface area contributed by atoms with Gasteiger partial charge in [0, 0.05) is 0 Å². The van der Waals surface area contributed by atoms with Crippen LogP contribution in [-0.2, 0) is 0 Å². The van der Waals surface area contributed by atoms with Crippen molar-refractivity contribution in [2.24, 2.45) is 5.73 Å².